The Morgan fingerprint density at radius 3 is 3.12 bits per heavy atom. The van der Waals surface area contributed by atoms with Crippen LogP contribution in [-0.2, 0) is 4.74 Å². The lowest BCUT2D eigenvalue weighted by Gasteiger charge is -2.29. The summed E-state index contributed by atoms with van der Waals surface area (Å²) >= 11 is 0. The average Bonchev–Trinajstić information content (AvgIpc) is 2.59. The van der Waals surface area contributed by atoms with E-state index in [-0.39, 0.29) is 6.17 Å². The van der Waals surface area contributed by atoms with Crippen LogP contribution in [0.2, 0.25) is 0 Å². The van der Waals surface area contributed by atoms with Crippen molar-refractivity contribution in [2.75, 3.05) is 6.61 Å². The van der Waals surface area contributed by atoms with Crippen molar-refractivity contribution < 1.29 is 4.74 Å². The van der Waals surface area contributed by atoms with E-state index in [4.69, 9.17) is 10.00 Å². The summed E-state index contributed by atoms with van der Waals surface area (Å²) in [6.45, 7) is 4.61. The maximum Gasteiger partial charge on any atom is 0.162 e. The summed E-state index contributed by atoms with van der Waals surface area (Å²) in [5.74, 6) is 0.900. The standard InChI is InChI=1S/C12H15N3O/c1-3-16-11-5-4-8-15-10(6-7-13)9(2)14-12(11)15/h4-5,8,12,14H,3,6H2,1-2H3/t12-/m0/s1. The van der Waals surface area contributed by atoms with Crippen molar-refractivity contribution in [2.24, 2.45) is 0 Å². The Kier molecular flexibility index (Phi) is 2.86. The van der Waals surface area contributed by atoms with Crippen LogP contribution in [-0.4, -0.2) is 17.7 Å². The van der Waals surface area contributed by atoms with Crippen LogP contribution < -0.4 is 5.32 Å². The van der Waals surface area contributed by atoms with Gasteiger partial charge in [-0.15, -0.1) is 0 Å². The second kappa shape index (κ2) is 4.31. The number of nitriles is 1. The first kappa shape index (κ1) is 10.6. The summed E-state index contributed by atoms with van der Waals surface area (Å²) in [5.41, 5.74) is 2.07. The van der Waals surface area contributed by atoms with Gasteiger partial charge in [0.15, 0.2) is 6.17 Å². The molecule has 2 rings (SSSR count). The van der Waals surface area contributed by atoms with E-state index in [1.165, 1.54) is 0 Å². The van der Waals surface area contributed by atoms with Crippen molar-refractivity contribution in [3.8, 4) is 6.07 Å². The average molecular weight is 217 g/mol. The summed E-state index contributed by atoms with van der Waals surface area (Å²) < 4.78 is 5.57. The van der Waals surface area contributed by atoms with E-state index < -0.39 is 0 Å². The molecule has 0 fully saturated rings. The largest absolute Gasteiger partial charge is 0.494 e. The van der Waals surface area contributed by atoms with Gasteiger partial charge in [0.1, 0.15) is 5.76 Å². The normalized spacial score (nSPS) is 22.4. The lowest BCUT2D eigenvalue weighted by Crippen LogP contribution is -2.38. The number of hydrogen-bond donors (Lipinski definition) is 1. The summed E-state index contributed by atoms with van der Waals surface area (Å²) in [6.07, 6.45) is 6.32. The third kappa shape index (κ3) is 1.65. The maximum absolute atomic E-state index is 8.80. The molecule has 0 radical (unpaired) electrons. The third-order valence-corrected chi connectivity index (χ3v) is 2.71. The number of allylic oxidation sites excluding steroid dienone is 4. The number of hydrogen-bond acceptors (Lipinski definition) is 4. The number of nitrogens with one attached hydrogen (secondary N) is 1. The Balaban J connectivity index is 2.21. The second-order valence-electron chi connectivity index (χ2n) is 3.70. The first-order chi connectivity index (χ1) is 7.77. The van der Waals surface area contributed by atoms with E-state index in [0.29, 0.717) is 13.0 Å². The van der Waals surface area contributed by atoms with Crippen molar-refractivity contribution in [3.05, 3.63) is 35.5 Å². The molecule has 0 aromatic heterocycles. The minimum atomic E-state index is 0.0216. The van der Waals surface area contributed by atoms with Crippen LogP contribution in [0.3, 0.4) is 0 Å². The van der Waals surface area contributed by atoms with Gasteiger partial charge in [0.05, 0.1) is 24.8 Å². The van der Waals surface area contributed by atoms with Crippen LogP contribution >= 0.6 is 0 Å². The molecular formula is C12H15N3O. The van der Waals surface area contributed by atoms with Gasteiger partial charge in [0.25, 0.3) is 0 Å². The molecule has 2 heterocycles. The predicted molar refractivity (Wildman–Crippen MR) is 60.5 cm³/mol. The molecule has 4 nitrogen and oxygen atoms in total. The van der Waals surface area contributed by atoms with Gasteiger partial charge >= 0.3 is 0 Å². The van der Waals surface area contributed by atoms with Crippen LogP contribution in [0.4, 0.5) is 0 Å². The number of fused-ring (bicyclic) bond motifs is 1. The van der Waals surface area contributed by atoms with Gasteiger partial charge < -0.3 is 15.0 Å². The molecule has 0 unspecified atom stereocenters. The molecule has 0 saturated heterocycles. The molecule has 1 atom stereocenters. The molecular weight excluding hydrogens is 202 g/mol. The highest BCUT2D eigenvalue weighted by atomic mass is 16.5. The van der Waals surface area contributed by atoms with Crippen LogP contribution in [0.1, 0.15) is 20.3 Å². The van der Waals surface area contributed by atoms with Gasteiger partial charge in [-0.25, -0.2) is 0 Å². The molecule has 2 aliphatic heterocycles. The maximum atomic E-state index is 8.80. The lowest BCUT2D eigenvalue weighted by atomic mass is 10.2. The number of nitrogens with zero attached hydrogens (tertiary/aromatic N) is 2. The van der Waals surface area contributed by atoms with E-state index in [2.05, 4.69) is 16.3 Å². The van der Waals surface area contributed by atoms with Gasteiger partial charge in [0, 0.05) is 11.9 Å². The van der Waals surface area contributed by atoms with Crippen molar-refractivity contribution >= 4 is 0 Å². The molecule has 0 aromatic rings. The zero-order valence-corrected chi connectivity index (χ0v) is 9.53. The quantitative estimate of drug-likeness (QED) is 0.783. The molecule has 0 aromatic carbocycles. The predicted octanol–water partition coefficient (Wildman–Crippen LogP) is 1.81. The van der Waals surface area contributed by atoms with Gasteiger partial charge in [-0.2, -0.15) is 5.26 Å². The molecule has 0 aliphatic carbocycles. The fourth-order valence-corrected chi connectivity index (χ4v) is 2.01. The van der Waals surface area contributed by atoms with Gasteiger partial charge in [-0.3, -0.25) is 0 Å². The Bertz CT molecular complexity index is 414. The lowest BCUT2D eigenvalue weighted by molar-refractivity contribution is 0.167. The van der Waals surface area contributed by atoms with E-state index in [1.807, 2.05) is 32.2 Å². The molecule has 1 N–H and O–H groups in total. The van der Waals surface area contributed by atoms with Crippen LogP contribution in [0, 0.1) is 11.3 Å². The third-order valence-electron chi connectivity index (χ3n) is 2.71. The smallest absolute Gasteiger partial charge is 0.162 e. The van der Waals surface area contributed by atoms with Gasteiger partial charge in [-0.05, 0) is 26.0 Å². The molecule has 0 saturated carbocycles. The summed E-state index contributed by atoms with van der Waals surface area (Å²) in [4.78, 5) is 2.06. The van der Waals surface area contributed by atoms with E-state index >= 15 is 0 Å². The topological polar surface area (TPSA) is 48.3 Å². The van der Waals surface area contributed by atoms with E-state index in [9.17, 15) is 0 Å². The monoisotopic (exact) mass is 217 g/mol. The molecule has 0 amide bonds. The van der Waals surface area contributed by atoms with Gasteiger partial charge in [-0.1, -0.05) is 0 Å². The Morgan fingerprint density at radius 1 is 1.62 bits per heavy atom. The zero-order valence-electron chi connectivity index (χ0n) is 9.53. The molecule has 84 valence electrons. The Labute approximate surface area is 95.5 Å². The zero-order chi connectivity index (χ0) is 11.5. The van der Waals surface area contributed by atoms with Gasteiger partial charge in [0.2, 0.25) is 0 Å². The van der Waals surface area contributed by atoms with Crippen molar-refractivity contribution in [3.63, 3.8) is 0 Å². The molecule has 16 heavy (non-hydrogen) atoms. The highest BCUT2D eigenvalue weighted by Crippen LogP contribution is 2.29. The first-order valence-corrected chi connectivity index (χ1v) is 5.40. The SMILES string of the molecule is CCOC1=CC=CN2C(CC#N)=C(C)N[C@H]12. The fraction of sp³-hybridized carbons (Fsp3) is 0.417. The first-order valence-electron chi connectivity index (χ1n) is 5.40. The van der Waals surface area contributed by atoms with Crippen LogP contribution in [0.25, 0.3) is 0 Å². The Hall–Kier alpha value is -1.89. The summed E-state index contributed by atoms with van der Waals surface area (Å²) in [7, 11) is 0. The molecule has 4 heteroatoms. The summed E-state index contributed by atoms with van der Waals surface area (Å²) in [6, 6.07) is 2.19. The highest BCUT2D eigenvalue weighted by molar-refractivity contribution is 5.32. The van der Waals surface area contributed by atoms with Crippen molar-refractivity contribution in [2.45, 2.75) is 26.4 Å². The fourth-order valence-electron chi connectivity index (χ4n) is 2.01. The number of rotatable bonds is 3. The molecule has 2 aliphatic rings. The van der Waals surface area contributed by atoms with Crippen molar-refractivity contribution in [1.29, 1.82) is 5.26 Å². The van der Waals surface area contributed by atoms with Crippen molar-refractivity contribution in [1.82, 2.24) is 10.2 Å². The molecule has 0 spiro atoms. The van der Waals surface area contributed by atoms with E-state index in [0.717, 1.165) is 17.2 Å². The van der Waals surface area contributed by atoms with E-state index in [1.54, 1.807) is 0 Å². The minimum Gasteiger partial charge on any atom is -0.494 e. The second-order valence-corrected chi connectivity index (χ2v) is 3.70. The Morgan fingerprint density at radius 2 is 2.44 bits per heavy atom. The van der Waals surface area contributed by atoms with Crippen LogP contribution in [0.15, 0.2) is 35.5 Å². The molecule has 0 bridgehead atoms. The highest BCUT2D eigenvalue weighted by Gasteiger charge is 2.32. The summed E-state index contributed by atoms with van der Waals surface area (Å²) in [5, 5.41) is 12.1. The van der Waals surface area contributed by atoms with Crippen LogP contribution in [0.5, 0.6) is 0 Å². The number of ether oxygens (including phenoxy) is 1. The minimum absolute atomic E-state index is 0.0216.